The van der Waals surface area contributed by atoms with Crippen LogP contribution in [-0.2, 0) is 4.79 Å². The summed E-state index contributed by atoms with van der Waals surface area (Å²) in [6.45, 7) is 0. The van der Waals surface area contributed by atoms with Crippen molar-refractivity contribution in [1.29, 1.82) is 0 Å². The molecular formula is C10H10ClFO4. The van der Waals surface area contributed by atoms with Gasteiger partial charge in [0.2, 0.25) is 0 Å². The van der Waals surface area contributed by atoms with E-state index < -0.39 is 30.4 Å². The molecule has 0 amide bonds. The third-order valence-corrected chi connectivity index (χ3v) is 2.45. The van der Waals surface area contributed by atoms with Crippen molar-refractivity contribution in [2.75, 3.05) is 0 Å². The molecule has 88 valence electrons. The van der Waals surface area contributed by atoms with Crippen molar-refractivity contribution >= 4 is 17.6 Å². The van der Waals surface area contributed by atoms with E-state index in [0.717, 1.165) is 6.07 Å². The molecule has 0 heterocycles. The number of benzene rings is 1. The monoisotopic (exact) mass is 248 g/mol. The maximum atomic E-state index is 13.0. The molecule has 1 aromatic carbocycles. The van der Waals surface area contributed by atoms with Gasteiger partial charge in [0.05, 0.1) is 17.5 Å². The number of carboxylic acids is 1. The second-order valence-electron chi connectivity index (χ2n) is 3.25. The van der Waals surface area contributed by atoms with E-state index in [2.05, 4.69) is 0 Å². The summed E-state index contributed by atoms with van der Waals surface area (Å²) in [5.74, 6) is -2.00. The van der Waals surface area contributed by atoms with E-state index in [4.69, 9.17) is 16.7 Å². The third-order valence-electron chi connectivity index (χ3n) is 2.05. The lowest BCUT2D eigenvalue weighted by Crippen LogP contribution is -2.22. The SMILES string of the molecule is O=C(O)CC(O)C(O)c1cccc(F)c1Cl. The van der Waals surface area contributed by atoms with Crippen LogP contribution in [0.5, 0.6) is 0 Å². The first-order chi connectivity index (χ1) is 7.43. The van der Waals surface area contributed by atoms with Gasteiger partial charge in [-0.15, -0.1) is 0 Å². The fourth-order valence-corrected chi connectivity index (χ4v) is 1.48. The predicted molar refractivity (Wildman–Crippen MR) is 54.6 cm³/mol. The van der Waals surface area contributed by atoms with Gasteiger partial charge in [-0.05, 0) is 6.07 Å². The molecule has 0 aliphatic heterocycles. The zero-order valence-corrected chi connectivity index (χ0v) is 8.86. The zero-order valence-electron chi connectivity index (χ0n) is 8.10. The van der Waals surface area contributed by atoms with E-state index in [1.54, 1.807) is 0 Å². The highest BCUT2D eigenvalue weighted by Gasteiger charge is 2.24. The van der Waals surface area contributed by atoms with E-state index in [1.165, 1.54) is 12.1 Å². The fourth-order valence-electron chi connectivity index (χ4n) is 1.25. The molecule has 0 saturated carbocycles. The van der Waals surface area contributed by atoms with Crippen LogP contribution in [-0.4, -0.2) is 27.4 Å². The third kappa shape index (κ3) is 2.91. The summed E-state index contributed by atoms with van der Waals surface area (Å²) in [6.07, 6.45) is -3.70. The van der Waals surface area contributed by atoms with Gasteiger partial charge in [-0.1, -0.05) is 23.7 Å². The molecule has 2 unspecified atom stereocenters. The lowest BCUT2D eigenvalue weighted by molar-refractivity contribution is -0.141. The van der Waals surface area contributed by atoms with Crippen molar-refractivity contribution in [3.63, 3.8) is 0 Å². The zero-order chi connectivity index (χ0) is 12.3. The highest BCUT2D eigenvalue weighted by molar-refractivity contribution is 6.31. The Morgan fingerprint density at radius 1 is 1.44 bits per heavy atom. The van der Waals surface area contributed by atoms with Crippen LogP contribution in [0.15, 0.2) is 18.2 Å². The Morgan fingerprint density at radius 2 is 2.06 bits per heavy atom. The highest BCUT2D eigenvalue weighted by atomic mass is 35.5. The van der Waals surface area contributed by atoms with E-state index in [1.807, 2.05) is 0 Å². The minimum absolute atomic E-state index is 0.0320. The summed E-state index contributed by atoms with van der Waals surface area (Å²) < 4.78 is 13.0. The first-order valence-electron chi connectivity index (χ1n) is 4.45. The van der Waals surface area contributed by atoms with Crippen LogP contribution in [0.3, 0.4) is 0 Å². The van der Waals surface area contributed by atoms with Gasteiger partial charge in [0, 0.05) is 5.56 Å². The topological polar surface area (TPSA) is 77.8 Å². The molecule has 4 nitrogen and oxygen atoms in total. The van der Waals surface area contributed by atoms with Crippen LogP contribution >= 0.6 is 11.6 Å². The quantitative estimate of drug-likeness (QED) is 0.752. The van der Waals surface area contributed by atoms with Gasteiger partial charge in [-0.3, -0.25) is 4.79 Å². The minimum Gasteiger partial charge on any atom is -0.481 e. The number of aliphatic carboxylic acids is 1. The molecule has 1 rings (SSSR count). The molecule has 0 radical (unpaired) electrons. The van der Waals surface area contributed by atoms with Crippen LogP contribution in [0, 0.1) is 5.82 Å². The van der Waals surface area contributed by atoms with Crippen molar-refractivity contribution in [3.8, 4) is 0 Å². The van der Waals surface area contributed by atoms with Gasteiger partial charge in [0.1, 0.15) is 11.9 Å². The number of rotatable bonds is 4. The van der Waals surface area contributed by atoms with Crippen LogP contribution in [0.4, 0.5) is 4.39 Å². The normalized spacial score (nSPS) is 14.5. The van der Waals surface area contributed by atoms with Crippen molar-refractivity contribution < 1.29 is 24.5 Å². The summed E-state index contributed by atoms with van der Waals surface area (Å²) in [7, 11) is 0. The van der Waals surface area contributed by atoms with Gasteiger partial charge < -0.3 is 15.3 Å². The first-order valence-corrected chi connectivity index (χ1v) is 4.83. The molecule has 3 N–H and O–H groups in total. The lowest BCUT2D eigenvalue weighted by atomic mass is 10.0. The summed E-state index contributed by atoms with van der Waals surface area (Å²) in [5.41, 5.74) is -0.0320. The fraction of sp³-hybridized carbons (Fsp3) is 0.300. The number of carboxylic acid groups (broad SMARTS) is 1. The number of halogens is 2. The summed E-state index contributed by atoms with van der Waals surface area (Å²) in [4.78, 5) is 10.3. The van der Waals surface area contributed by atoms with Gasteiger partial charge in [0.15, 0.2) is 0 Å². The van der Waals surface area contributed by atoms with Crippen molar-refractivity contribution in [2.45, 2.75) is 18.6 Å². The van der Waals surface area contributed by atoms with Gasteiger partial charge in [-0.25, -0.2) is 4.39 Å². The summed E-state index contributed by atoms with van der Waals surface area (Å²) in [5, 5.41) is 27.0. The molecule has 0 fully saturated rings. The molecule has 0 bridgehead atoms. The second-order valence-corrected chi connectivity index (χ2v) is 3.63. The van der Waals surface area contributed by atoms with Gasteiger partial charge in [0.25, 0.3) is 0 Å². The maximum Gasteiger partial charge on any atom is 0.306 e. The maximum absolute atomic E-state index is 13.0. The van der Waals surface area contributed by atoms with E-state index >= 15 is 0 Å². The predicted octanol–water partition coefficient (Wildman–Crippen LogP) is 1.35. The Morgan fingerprint density at radius 3 is 2.62 bits per heavy atom. The van der Waals surface area contributed by atoms with Crippen LogP contribution in [0.1, 0.15) is 18.1 Å². The number of aliphatic hydroxyl groups excluding tert-OH is 2. The van der Waals surface area contributed by atoms with E-state index in [0.29, 0.717) is 0 Å². The van der Waals surface area contributed by atoms with Crippen LogP contribution in [0.2, 0.25) is 5.02 Å². The van der Waals surface area contributed by atoms with E-state index in [-0.39, 0.29) is 10.6 Å². The molecule has 0 spiro atoms. The Bertz CT molecular complexity index is 396. The Hall–Kier alpha value is -1.17. The van der Waals surface area contributed by atoms with Crippen molar-refractivity contribution in [1.82, 2.24) is 0 Å². The molecule has 0 aliphatic rings. The van der Waals surface area contributed by atoms with Crippen LogP contribution in [0.25, 0.3) is 0 Å². The van der Waals surface area contributed by atoms with Crippen molar-refractivity contribution in [3.05, 3.63) is 34.6 Å². The Balaban J connectivity index is 2.91. The van der Waals surface area contributed by atoms with Crippen molar-refractivity contribution in [2.24, 2.45) is 0 Å². The smallest absolute Gasteiger partial charge is 0.306 e. The molecule has 0 aromatic heterocycles. The second kappa shape index (κ2) is 5.25. The standard InChI is InChI=1S/C10H10ClFO4/c11-9-5(2-1-3-6(9)12)10(16)7(13)4-8(14)15/h1-3,7,10,13,16H,4H2,(H,14,15). The number of hydrogen-bond donors (Lipinski definition) is 3. The number of aliphatic hydroxyl groups is 2. The Kier molecular flexibility index (Phi) is 4.23. The molecule has 1 aromatic rings. The molecule has 6 heteroatoms. The summed E-state index contributed by atoms with van der Waals surface area (Å²) in [6, 6.07) is 3.73. The molecule has 16 heavy (non-hydrogen) atoms. The first kappa shape index (κ1) is 12.9. The molecule has 0 aliphatic carbocycles. The van der Waals surface area contributed by atoms with Gasteiger partial charge >= 0.3 is 5.97 Å². The van der Waals surface area contributed by atoms with Gasteiger partial charge in [-0.2, -0.15) is 0 Å². The van der Waals surface area contributed by atoms with E-state index in [9.17, 15) is 19.4 Å². The average molecular weight is 249 g/mol. The lowest BCUT2D eigenvalue weighted by Gasteiger charge is -2.17. The molecule has 0 saturated heterocycles. The average Bonchev–Trinajstić information content (AvgIpc) is 2.20. The molecular weight excluding hydrogens is 239 g/mol. The summed E-state index contributed by atoms with van der Waals surface area (Å²) >= 11 is 5.58. The highest BCUT2D eigenvalue weighted by Crippen LogP contribution is 2.28. The largest absolute Gasteiger partial charge is 0.481 e. The Labute approximate surface area is 95.9 Å². The van der Waals surface area contributed by atoms with Crippen LogP contribution < -0.4 is 0 Å². The minimum atomic E-state index is -1.53. The molecule has 2 atom stereocenters. The number of carbonyl (C=O) groups is 1. The number of hydrogen-bond acceptors (Lipinski definition) is 3.